The molecule has 0 aromatic heterocycles. The van der Waals surface area contributed by atoms with E-state index in [4.69, 9.17) is 0 Å². The second-order valence-corrected chi connectivity index (χ2v) is 3.55. The molecule has 0 bridgehead atoms. The molecule has 0 radical (unpaired) electrons. The lowest BCUT2D eigenvalue weighted by atomic mass is 10.2. The first-order chi connectivity index (χ1) is 7.18. The van der Waals surface area contributed by atoms with Gasteiger partial charge in [0.05, 0.1) is 13.0 Å². The maximum atomic E-state index is 11.5. The van der Waals surface area contributed by atoms with Crippen LogP contribution >= 0.6 is 0 Å². The molecular weight excluding hydrogens is 190 g/mol. The van der Waals surface area contributed by atoms with Crippen molar-refractivity contribution < 1.29 is 9.59 Å². The van der Waals surface area contributed by atoms with Gasteiger partial charge in [-0.2, -0.15) is 0 Å². The summed E-state index contributed by atoms with van der Waals surface area (Å²) < 4.78 is 0. The van der Waals surface area contributed by atoms with Crippen molar-refractivity contribution in [1.29, 1.82) is 0 Å². The number of rotatable bonds is 2. The van der Waals surface area contributed by atoms with E-state index >= 15 is 0 Å². The summed E-state index contributed by atoms with van der Waals surface area (Å²) in [5, 5.41) is 0. The second-order valence-electron chi connectivity index (χ2n) is 3.55. The Hall–Kier alpha value is -1.90. The Morgan fingerprint density at radius 3 is 2.40 bits per heavy atom. The van der Waals surface area contributed by atoms with E-state index < -0.39 is 0 Å². The SMILES string of the molecule is C=C1CC(=O)N(Cc2ccccc2)C1=O. The molecule has 15 heavy (non-hydrogen) atoms. The van der Waals surface area contributed by atoms with E-state index in [9.17, 15) is 9.59 Å². The molecule has 3 nitrogen and oxygen atoms in total. The number of hydrogen-bond acceptors (Lipinski definition) is 2. The van der Waals surface area contributed by atoms with Gasteiger partial charge in [0.1, 0.15) is 0 Å². The van der Waals surface area contributed by atoms with E-state index in [1.54, 1.807) is 0 Å². The number of carbonyl (C=O) groups is 2. The van der Waals surface area contributed by atoms with E-state index in [0.29, 0.717) is 12.1 Å². The molecule has 2 amide bonds. The Labute approximate surface area is 88.0 Å². The number of benzene rings is 1. The lowest BCUT2D eigenvalue weighted by Crippen LogP contribution is -2.28. The third-order valence-corrected chi connectivity index (χ3v) is 2.40. The molecule has 0 spiro atoms. The predicted octanol–water partition coefficient (Wildman–Crippen LogP) is 1.50. The average Bonchev–Trinajstić information content (AvgIpc) is 2.47. The molecule has 1 heterocycles. The van der Waals surface area contributed by atoms with Crippen LogP contribution in [0.4, 0.5) is 0 Å². The van der Waals surface area contributed by atoms with Crippen LogP contribution in [0.2, 0.25) is 0 Å². The molecule has 1 aromatic carbocycles. The molecular formula is C12H11NO2. The van der Waals surface area contributed by atoms with Gasteiger partial charge >= 0.3 is 0 Å². The fourth-order valence-corrected chi connectivity index (χ4v) is 1.58. The van der Waals surface area contributed by atoms with Gasteiger partial charge in [0.15, 0.2) is 0 Å². The molecule has 0 N–H and O–H groups in total. The zero-order valence-corrected chi connectivity index (χ0v) is 8.27. The van der Waals surface area contributed by atoms with Crippen LogP contribution in [0.25, 0.3) is 0 Å². The van der Waals surface area contributed by atoms with E-state index in [1.165, 1.54) is 4.90 Å². The molecule has 1 aliphatic heterocycles. The smallest absolute Gasteiger partial charge is 0.256 e. The highest BCUT2D eigenvalue weighted by Crippen LogP contribution is 2.19. The molecule has 0 atom stereocenters. The lowest BCUT2D eigenvalue weighted by molar-refractivity contribution is -0.138. The van der Waals surface area contributed by atoms with Crippen LogP contribution in [0, 0.1) is 0 Å². The van der Waals surface area contributed by atoms with Gasteiger partial charge in [0.25, 0.3) is 5.91 Å². The maximum absolute atomic E-state index is 11.5. The van der Waals surface area contributed by atoms with Crippen molar-refractivity contribution in [3.8, 4) is 0 Å². The fraction of sp³-hybridized carbons (Fsp3) is 0.167. The molecule has 0 saturated carbocycles. The van der Waals surface area contributed by atoms with Crippen molar-refractivity contribution in [3.63, 3.8) is 0 Å². The Morgan fingerprint density at radius 1 is 1.20 bits per heavy atom. The Morgan fingerprint density at radius 2 is 1.87 bits per heavy atom. The number of amides is 2. The molecule has 76 valence electrons. The van der Waals surface area contributed by atoms with Crippen molar-refractivity contribution in [2.75, 3.05) is 0 Å². The summed E-state index contributed by atoms with van der Waals surface area (Å²) in [7, 11) is 0. The van der Waals surface area contributed by atoms with Gasteiger partial charge in [-0.3, -0.25) is 14.5 Å². The number of hydrogen-bond donors (Lipinski definition) is 0. The fourth-order valence-electron chi connectivity index (χ4n) is 1.58. The largest absolute Gasteiger partial charge is 0.274 e. The first-order valence-corrected chi connectivity index (χ1v) is 4.75. The quantitative estimate of drug-likeness (QED) is 0.537. The summed E-state index contributed by atoms with van der Waals surface area (Å²) in [6.07, 6.45) is 0.158. The molecule has 0 unspecified atom stereocenters. The highest BCUT2D eigenvalue weighted by molar-refractivity contribution is 6.12. The highest BCUT2D eigenvalue weighted by Gasteiger charge is 2.32. The zero-order valence-electron chi connectivity index (χ0n) is 8.27. The van der Waals surface area contributed by atoms with Gasteiger partial charge in [-0.25, -0.2) is 0 Å². The molecule has 1 saturated heterocycles. The molecule has 1 fully saturated rings. The number of likely N-dealkylation sites (tertiary alicyclic amines) is 1. The number of imide groups is 1. The minimum absolute atomic E-state index is 0.158. The van der Waals surface area contributed by atoms with Crippen molar-refractivity contribution in [3.05, 3.63) is 48.0 Å². The van der Waals surface area contributed by atoms with E-state index in [1.807, 2.05) is 30.3 Å². The van der Waals surface area contributed by atoms with Crippen LogP contribution in [0.5, 0.6) is 0 Å². The average molecular weight is 201 g/mol. The molecule has 2 rings (SSSR count). The predicted molar refractivity (Wildman–Crippen MR) is 55.8 cm³/mol. The van der Waals surface area contributed by atoms with Crippen LogP contribution in [0.15, 0.2) is 42.5 Å². The van der Waals surface area contributed by atoms with Crippen LogP contribution in [-0.4, -0.2) is 16.7 Å². The third kappa shape index (κ3) is 1.81. The first kappa shape index (κ1) is 9.65. The van der Waals surface area contributed by atoms with E-state index in [-0.39, 0.29) is 18.2 Å². The van der Waals surface area contributed by atoms with Crippen LogP contribution < -0.4 is 0 Å². The Kier molecular flexibility index (Phi) is 2.37. The van der Waals surface area contributed by atoms with Gasteiger partial charge in [0.2, 0.25) is 5.91 Å². The van der Waals surface area contributed by atoms with Crippen LogP contribution in [-0.2, 0) is 16.1 Å². The Balaban J connectivity index is 2.16. The molecule has 1 aliphatic rings. The van der Waals surface area contributed by atoms with Gasteiger partial charge in [-0.1, -0.05) is 36.9 Å². The monoisotopic (exact) mass is 201 g/mol. The molecule has 3 heteroatoms. The third-order valence-electron chi connectivity index (χ3n) is 2.40. The summed E-state index contributed by atoms with van der Waals surface area (Å²) in [6, 6.07) is 9.45. The van der Waals surface area contributed by atoms with Crippen molar-refractivity contribution in [2.24, 2.45) is 0 Å². The number of carbonyl (C=O) groups excluding carboxylic acids is 2. The van der Waals surface area contributed by atoms with Gasteiger partial charge in [-0.05, 0) is 5.56 Å². The van der Waals surface area contributed by atoms with Gasteiger partial charge in [-0.15, -0.1) is 0 Å². The maximum Gasteiger partial charge on any atom is 0.256 e. The molecule has 1 aromatic rings. The summed E-state index contributed by atoms with van der Waals surface area (Å²) in [5.74, 6) is -0.405. The highest BCUT2D eigenvalue weighted by atomic mass is 16.2. The van der Waals surface area contributed by atoms with Crippen molar-refractivity contribution >= 4 is 11.8 Å². The summed E-state index contributed by atoms with van der Waals surface area (Å²) in [5.41, 5.74) is 1.34. The van der Waals surface area contributed by atoms with E-state index in [0.717, 1.165) is 5.56 Å². The minimum atomic E-state index is -0.246. The Bertz CT molecular complexity index is 423. The summed E-state index contributed by atoms with van der Waals surface area (Å²) in [4.78, 5) is 24.2. The summed E-state index contributed by atoms with van der Waals surface area (Å²) in [6.45, 7) is 3.91. The summed E-state index contributed by atoms with van der Waals surface area (Å²) >= 11 is 0. The van der Waals surface area contributed by atoms with Crippen molar-refractivity contribution in [1.82, 2.24) is 4.90 Å². The normalized spacial score (nSPS) is 16.3. The van der Waals surface area contributed by atoms with Gasteiger partial charge < -0.3 is 0 Å². The van der Waals surface area contributed by atoms with Gasteiger partial charge in [0, 0.05) is 5.57 Å². The lowest BCUT2D eigenvalue weighted by Gasteiger charge is -2.12. The second kappa shape index (κ2) is 3.69. The minimum Gasteiger partial charge on any atom is -0.274 e. The van der Waals surface area contributed by atoms with E-state index in [2.05, 4.69) is 6.58 Å². The standard InChI is InChI=1S/C12H11NO2/c1-9-7-11(14)13(12(9)15)8-10-5-3-2-4-6-10/h2-6H,1,7-8H2. The zero-order chi connectivity index (χ0) is 10.8. The first-order valence-electron chi connectivity index (χ1n) is 4.75. The number of nitrogens with zero attached hydrogens (tertiary/aromatic N) is 1. The van der Waals surface area contributed by atoms with Crippen molar-refractivity contribution in [2.45, 2.75) is 13.0 Å². The van der Waals surface area contributed by atoms with Crippen LogP contribution in [0.3, 0.4) is 0 Å². The van der Waals surface area contributed by atoms with Crippen LogP contribution in [0.1, 0.15) is 12.0 Å². The molecule has 0 aliphatic carbocycles. The topological polar surface area (TPSA) is 37.4 Å².